The first-order chi connectivity index (χ1) is 5.70. The highest BCUT2D eigenvalue weighted by atomic mass is 32.1. The molecule has 1 heterocycles. The van der Waals surface area contributed by atoms with Crippen LogP contribution in [0.1, 0.15) is 24.2 Å². The molecule has 0 amide bonds. The van der Waals surface area contributed by atoms with Crippen molar-refractivity contribution in [1.82, 2.24) is 0 Å². The van der Waals surface area contributed by atoms with E-state index in [4.69, 9.17) is 4.74 Å². The van der Waals surface area contributed by atoms with Gasteiger partial charge in [0, 0.05) is 5.38 Å². The Hall–Kier alpha value is -0.830. The minimum atomic E-state index is -0.218. The molecule has 0 unspecified atom stereocenters. The zero-order valence-corrected chi connectivity index (χ0v) is 8.06. The summed E-state index contributed by atoms with van der Waals surface area (Å²) in [6.45, 7) is 4.52. The highest BCUT2D eigenvalue weighted by molar-refractivity contribution is 7.08. The van der Waals surface area contributed by atoms with Crippen LogP contribution in [0.2, 0.25) is 0 Å². The molecule has 0 bridgehead atoms. The van der Waals surface area contributed by atoms with E-state index in [2.05, 4.69) is 0 Å². The van der Waals surface area contributed by atoms with Gasteiger partial charge in [-0.1, -0.05) is 13.8 Å². The number of ether oxygens (including phenoxy) is 1. The summed E-state index contributed by atoms with van der Waals surface area (Å²) in [5, 5.41) is 3.66. The lowest BCUT2D eigenvalue weighted by Crippen LogP contribution is -2.09. The molecule has 0 fully saturated rings. The summed E-state index contributed by atoms with van der Waals surface area (Å²) >= 11 is 1.50. The van der Waals surface area contributed by atoms with Gasteiger partial charge in [-0.15, -0.1) is 0 Å². The number of thiophene rings is 1. The SMILES string of the molecule is CC(C)COC(=O)c1ccsc1. The highest BCUT2D eigenvalue weighted by Crippen LogP contribution is 2.08. The quantitative estimate of drug-likeness (QED) is 0.675. The third-order valence-corrected chi connectivity index (χ3v) is 1.99. The van der Waals surface area contributed by atoms with Gasteiger partial charge in [-0.05, 0) is 17.4 Å². The highest BCUT2D eigenvalue weighted by Gasteiger charge is 2.07. The van der Waals surface area contributed by atoms with Gasteiger partial charge >= 0.3 is 5.97 Å². The summed E-state index contributed by atoms with van der Waals surface area (Å²) in [4.78, 5) is 11.2. The Morgan fingerprint density at radius 2 is 2.42 bits per heavy atom. The van der Waals surface area contributed by atoms with Gasteiger partial charge in [0.25, 0.3) is 0 Å². The van der Waals surface area contributed by atoms with Crippen LogP contribution < -0.4 is 0 Å². The summed E-state index contributed by atoms with van der Waals surface area (Å²) in [7, 11) is 0. The Labute approximate surface area is 76.2 Å². The molecule has 66 valence electrons. The topological polar surface area (TPSA) is 26.3 Å². The lowest BCUT2D eigenvalue weighted by Gasteiger charge is -2.04. The van der Waals surface area contributed by atoms with E-state index in [9.17, 15) is 4.79 Å². The molecule has 0 atom stereocenters. The molecule has 0 radical (unpaired) electrons. The molecule has 1 aromatic heterocycles. The molecule has 3 heteroatoms. The predicted octanol–water partition coefficient (Wildman–Crippen LogP) is 2.56. The van der Waals surface area contributed by atoms with Crippen molar-refractivity contribution in [2.24, 2.45) is 5.92 Å². The minimum absolute atomic E-state index is 0.218. The van der Waals surface area contributed by atoms with Crippen LogP contribution in [0, 0.1) is 5.92 Å². The zero-order valence-electron chi connectivity index (χ0n) is 7.24. The van der Waals surface area contributed by atoms with E-state index in [1.165, 1.54) is 11.3 Å². The molecule has 0 aromatic carbocycles. The van der Waals surface area contributed by atoms with Crippen molar-refractivity contribution in [2.45, 2.75) is 13.8 Å². The maximum absolute atomic E-state index is 11.2. The molecule has 2 nitrogen and oxygen atoms in total. The third kappa shape index (κ3) is 2.66. The maximum atomic E-state index is 11.2. The van der Waals surface area contributed by atoms with Gasteiger partial charge in [-0.2, -0.15) is 11.3 Å². The molecule has 0 saturated heterocycles. The monoisotopic (exact) mass is 184 g/mol. The van der Waals surface area contributed by atoms with Crippen LogP contribution in [0.15, 0.2) is 16.8 Å². The van der Waals surface area contributed by atoms with E-state index in [-0.39, 0.29) is 5.97 Å². The predicted molar refractivity (Wildman–Crippen MR) is 49.4 cm³/mol. The molecular weight excluding hydrogens is 172 g/mol. The Morgan fingerprint density at radius 3 is 2.92 bits per heavy atom. The second-order valence-electron chi connectivity index (χ2n) is 3.00. The fourth-order valence-corrected chi connectivity index (χ4v) is 1.33. The van der Waals surface area contributed by atoms with Crippen LogP contribution in [0.3, 0.4) is 0 Å². The van der Waals surface area contributed by atoms with Crippen LogP contribution in [0.4, 0.5) is 0 Å². The van der Waals surface area contributed by atoms with Crippen molar-refractivity contribution >= 4 is 17.3 Å². The summed E-state index contributed by atoms with van der Waals surface area (Å²) in [5.74, 6) is 0.178. The average molecular weight is 184 g/mol. The van der Waals surface area contributed by atoms with Crippen LogP contribution >= 0.6 is 11.3 Å². The smallest absolute Gasteiger partial charge is 0.338 e. The second kappa shape index (κ2) is 4.26. The molecule has 0 aliphatic carbocycles. The number of hydrogen-bond donors (Lipinski definition) is 0. The van der Waals surface area contributed by atoms with Gasteiger partial charge in [0.1, 0.15) is 0 Å². The largest absolute Gasteiger partial charge is 0.462 e. The fourth-order valence-electron chi connectivity index (χ4n) is 0.706. The van der Waals surface area contributed by atoms with Crippen LogP contribution in [-0.2, 0) is 4.74 Å². The van der Waals surface area contributed by atoms with E-state index >= 15 is 0 Å². The molecular formula is C9H12O2S. The lowest BCUT2D eigenvalue weighted by molar-refractivity contribution is 0.0459. The number of esters is 1. The van der Waals surface area contributed by atoms with Crippen molar-refractivity contribution in [2.75, 3.05) is 6.61 Å². The molecule has 0 aliphatic heterocycles. The van der Waals surface area contributed by atoms with Gasteiger partial charge in [0.15, 0.2) is 0 Å². The number of hydrogen-bond acceptors (Lipinski definition) is 3. The second-order valence-corrected chi connectivity index (χ2v) is 3.78. The Bertz CT molecular complexity index is 239. The summed E-state index contributed by atoms with van der Waals surface area (Å²) in [6, 6.07) is 1.77. The Balaban J connectivity index is 2.40. The van der Waals surface area contributed by atoms with Crippen molar-refractivity contribution in [3.8, 4) is 0 Å². The summed E-state index contributed by atoms with van der Waals surface area (Å²) in [6.07, 6.45) is 0. The van der Waals surface area contributed by atoms with E-state index < -0.39 is 0 Å². The van der Waals surface area contributed by atoms with Gasteiger partial charge < -0.3 is 4.74 Å². The van der Waals surface area contributed by atoms with E-state index in [0.717, 1.165) is 0 Å². The summed E-state index contributed by atoms with van der Waals surface area (Å²) < 4.78 is 5.02. The number of carbonyl (C=O) groups excluding carboxylic acids is 1. The van der Waals surface area contributed by atoms with E-state index in [1.807, 2.05) is 19.2 Å². The average Bonchev–Trinajstić information content (AvgIpc) is 2.51. The molecule has 0 N–H and O–H groups in total. The summed E-state index contributed by atoms with van der Waals surface area (Å²) in [5.41, 5.74) is 0.653. The van der Waals surface area contributed by atoms with Crippen molar-refractivity contribution < 1.29 is 9.53 Å². The fraction of sp³-hybridized carbons (Fsp3) is 0.444. The molecule has 0 spiro atoms. The van der Waals surface area contributed by atoms with Crippen LogP contribution in [0.5, 0.6) is 0 Å². The number of rotatable bonds is 3. The molecule has 1 rings (SSSR count). The van der Waals surface area contributed by atoms with Gasteiger partial charge in [-0.25, -0.2) is 4.79 Å². The zero-order chi connectivity index (χ0) is 8.97. The van der Waals surface area contributed by atoms with E-state index in [1.54, 1.807) is 11.4 Å². The molecule has 0 saturated carbocycles. The first kappa shape index (κ1) is 9.26. The minimum Gasteiger partial charge on any atom is -0.462 e. The van der Waals surface area contributed by atoms with Crippen LogP contribution in [-0.4, -0.2) is 12.6 Å². The van der Waals surface area contributed by atoms with Gasteiger partial charge in [0.05, 0.1) is 12.2 Å². The first-order valence-corrected chi connectivity index (χ1v) is 4.83. The normalized spacial score (nSPS) is 10.2. The Kier molecular flexibility index (Phi) is 3.29. The van der Waals surface area contributed by atoms with Crippen molar-refractivity contribution in [3.05, 3.63) is 22.4 Å². The maximum Gasteiger partial charge on any atom is 0.338 e. The molecule has 1 aromatic rings. The standard InChI is InChI=1S/C9H12O2S/c1-7(2)5-11-9(10)8-3-4-12-6-8/h3-4,6-7H,5H2,1-2H3. The van der Waals surface area contributed by atoms with Gasteiger partial charge in [0.2, 0.25) is 0 Å². The Morgan fingerprint density at radius 1 is 1.67 bits per heavy atom. The lowest BCUT2D eigenvalue weighted by atomic mass is 10.2. The van der Waals surface area contributed by atoms with Crippen molar-refractivity contribution in [1.29, 1.82) is 0 Å². The molecule has 0 aliphatic rings. The number of carbonyl (C=O) groups is 1. The van der Waals surface area contributed by atoms with E-state index in [0.29, 0.717) is 18.1 Å². The van der Waals surface area contributed by atoms with Crippen molar-refractivity contribution in [3.63, 3.8) is 0 Å². The molecule has 12 heavy (non-hydrogen) atoms. The first-order valence-electron chi connectivity index (χ1n) is 3.89. The van der Waals surface area contributed by atoms with Gasteiger partial charge in [-0.3, -0.25) is 0 Å². The van der Waals surface area contributed by atoms with Crippen LogP contribution in [0.25, 0.3) is 0 Å². The third-order valence-electron chi connectivity index (χ3n) is 1.30.